The van der Waals surface area contributed by atoms with Crippen molar-refractivity contribution in [3.63, 3.8) is 0 Å². The van der Waals surface area contributed by atoms with E-state index in [4.69, 9.17) is 0 Å². The van der Waals surface area contributed by atoms with Crippen molar-refractivity contribution in [3.05, 3.63) is 35.9 Å². The van der Waals surface area contributed by atoms with Gasteiger partial charge in [-0.15, -0.1) is 0 Å². The summed E-state index contributed by atoms with van der Waals surface area (Å²) in [5.41, 5.74) is 3.34. The van der Waals surface area contributed by atoms with Crippen LogP contribution in [0.5, 0.6) is 0 Å². The lowest BCUT2D eigenvalue weighted by atomic mass is 10.2. The summed E-state index contributed by atoms with van der Waals surface area (Å²) in [6.07, 6.45) is 1.60. The van der Waals surface area contributed by atoms with Gasteiger partial charge < -0.3 is 4.90 Å². The van der Waals surface area contributed by atoms with Gasteiger partial charge in [-0.05, 0) is 5.56 Å². The van der Waals surface area contributed by atoms with Crippen molar-refractivity contribution in [1.82, 2.24) is 10.3 Å². The maximum Gasteiger partial charge on any atom is 0.337 e. The van der Waals surface area contributed by atoms with E-state index in [1.165, 1.54) is 4.90 Å². The monoisotopic (exact) mass is 191 g/mol. The van der Waals surface area contributed by atoms with E-state index < -0.39 is 0 Å². The molecular weight excluding hydrogens is 178 g/mol. The molecule has 0 saturated heterocycles. The molecule has 1 aromatic rings. The van der Waals surface area contributed by atoms with E-state index in [0.717, 1.165) is 5.56 Å². The molecule has 1 aromatic carbocycles. The van der Waals surface area contributed by atoms with Gasteiger partial charge >= 0.3 is 6.03 Å². The number of benzene rings is 1. The minimum Gasteiger partial charge on any atom is -0.329 e. The zero-order valence-electron chi connectivity index (χ0n) is 8.27. The summed E-state index contributed by atoms with van der Waals surface area (Å²) in [4.78, 5) is 12.5. The number of hydrazone groups is 1. The molecule has 0 spiro atoms. The number of hydrogen-bond acceptors (Lipinski definition) is 2. The van der Waals surface area contributed by atoms with Crippen LogP contribution >= 0.6 is 0 Å². The van der Waals surface area contributed by atoms with Crippen molar-refractivity contribution in [2.45, 2.75) is 0 Å². The van der Waals surface area contributed by atoms with Crippen LogP contribution in [-0.4, -0.2) is 31.2 Å². The second-order valence-corrected chi connectivity index (χ2v) is 2.98. The molecule has 1 N–H and O–H groups in total. The van der Waals surface area contributed by atoms with Gasteiger partial charge in [0.15, 0.2) is 0 Å². The van der Waals surface area contributed by atoms with Gasteiger partial charge in [0.2, 0.25) is 0 Å². The highest BCUT2D eigenvalue weighted by Gasteiger charge is 1.98. The second-order valence-electron chi connectivity index (χ2n) is 2.98. The fourth-order valence-corrected chi connectivity index (χ4v) is 0.801. The van der Waals surface area contributed by atoms with E-state index in [2.05, 4.69) is 10.5 Å². The summed E-state index contributed by atoms with van der Waals surface area (Å²) in [6.45, 7) is 0. The first kappa shape index (κ1) is 10.2. The van der Waals surface area contributed by atoms with Crippen LogP contribution in [0.4, 0.5) is 4.79 Å². The summed E-state index contributed by atoms with van der Waals surface area (Å²) in [5.74, 6) is 0. The summed E-state index contributed by atoms with van der Waals surface area (Å²) < 4.78 is 0. The molecule has 0 radical (unpaired) electrons. The normalized spacial score (nSPS) is 10.1. The van der Waals surface area contributed by atoms with Crippen LogP contribution in [0.3, 0.4) is 0 Å². The first-order valence-corrected chi connectivity index (χ1v) is 4.25. The Balaban J connectivity index is 2.46. The Labute approximate surface area is 83.2 Å². The summed E-state index contributed by atoms with van der Waals surface area (Å²) >= 11 is 0. The van der Waals surface area contributed by atoms with Gasteiger partial charge in [0.1, 0.15) is 0 Å². The topological polar surface area (TPSA) is 44.7 Å². The lowest BCUT2D eigenvalue weighted by Crippen LogP contribution is -2.31. The molecule has 0 fully saturated rings. The Hall–Kier alpha value is -1.84. The van der Waals surface area contributed by atoms with Gasteiger partial charge in [-0.1, -0.05) is 30.3 Å². The molecule has 0 saturated carbocycles. The molecular formula is C10H13N3O. The van der Waals surface area contributed by atoms with Crippen LogP contribution in [0, 0.1) is 0 Å². The molecule has 0 bridgehead atoms. The van der Waals surface area contributed by atoms with Gasteiger partial charge in [-0.3, -0.25) is 0 Å². The standard InChI is InChI=1S/C10H13N3O/c1-13(2)10(14)12-11-8-9-6-4-3-5-7-9/h3-8H,1-2H3,(H,12,14). The predicted octanol–water partition coefficient (Wildman–Crippen LogP) is 1.29. The predicted molar refractivity (Wildman–Crippen MR) is 56.3 cm³/mol. The molecule has 0 aliphatic rings. The molecule has 0 aliphatic heterocycles. The largest absolute Gasteiger partial charge is 0.337 e. The quantitative estimate of drug-likeness (QED) is 0.555. The molecule has 0 aliphatic carbocycles. The van der Waals surface area contributed by atoms with Crippen molar-refractivity contribution in [3.8, 4) is 0 Å². The maximum atomic E-state index is 11.0. The summed E-state index contributed by atoms with van der Waals surface area (Å²) in [6, 6.07) is 9.33. The van der Waals surface area contributed by atoms with Gasteiger partial charge in [-0.25, -0.2) is 10.2 Å². The maximum absolute atomic E-state index is 11.0. The number of nitrogens with one attached hydrogen (secondary N) is 1. The van der Waals surface area contributed by atoms with Crippen LogP contribution in [0.1, 0.15) is 5.56 Å². The number of hydrogen-bond donors (Lipinski definition) is 1. The Morgan fingerprint density at radius 3 is 2.57 bits per heavy atom. The number of amides is 2. The lowest BCUT2D eigenvalue weighted by Gasteiger charge is -2.07. The zero-order valence-corrected chi connectivity index (χ0v) is 8.27. The molecule has 4 nitrogen and oxygen atoms in total. The van der Waals surface area contributed by atoms with Gasteiger partial charge in [0.05, 0.1) is 6.21 Å². The summed E-state index contributed by atoms with van der Waals surface area (Å²) in [7, 11) is 3.32. The average molecular weight is 191 g/mol. The zero-order chi connectivity index (χ0) is 10.4. The van der Waals surface area contributed by atoms with E-state index in [-0.39, 0.29) is 6.03 Å². The van der Waals surface area contributed by atoms with E-state index in [9.17, 15) is 4.79 Å². The van der Waals surface area contributed by atoms with E-state index in [1.54, 1.807) is 20.3 Å². The van der Waals surface area contributed by atoms with Crippen molar-refractivity contribution in [2.24, 2.45) is 5.10 Å². The third kappa shape index (κ3) is 3.26. The molecule has 2 amide bonds. The number of carbonyl (C=O) groups is 1. The smallest absolute Gasteiger partial charge is 0.329 e. The van der Waals surface area contributed by atoms with Crippen LogP contribution < -0.4 is 5.43 Å². The molecule has 4 heteroatoms. The molecule has 0 aromatic heterocycles. The Morgan fingerprint density at radius 2 is 2.00 bits per heavy atom. The third-order valence-corrected chi connectivity index (χ3v) is 1.58. The summed E-state index contributed by atoms with van der Waals surface area (Å²) in [5, 5.41) is 3.80. The van der Waals surface area contributed by atoms with Crippen molar-refractivity contribution in [1.29, 1.82) is 0 Å². The highest BCUT2D eigenvalue weighted by atomic mass is 16.2. The number of carbonyl (C=O) groups excluding carboxylic acids is 1. The average Bonchev–Trinajstić information content (AvgIpc) is 2.19. The highest BCUT2D eigenvalue weighted by Crippen LogP contribution is 1.93. The molecule has 1 rings (SSSR count). The molecule has 0 atom stereocenters. The van der Waals surface area contributed by atoms with Gasteiger partial charge in [0.25, 0.3) is 0 Å². The SMILES string of the molecule is CN(C)C(=O)NN=Cc1ccccc1. The molecule has 0 unspecified atom stereocenters. The van der Waals surface area contributed by atoms with Crippen molar-refractivity contribution < 1.29 is 4.79 Å². The van der Waals surface area contributed by atoms with Crippen molar-refractivity contribution >= 4 is 12.2 Å². The number of nitrogens with zero attached hydrogens (tertiary/aromatic N) is 2. The second kappa shape index (κ2) is 5.01. The fraction of sp³-hybridized carbons (Fsp3) is 0.200. The van der Waals surface area contributed by atoms with Crippen molar-refractivity contribution in [2.75, 3.05) is 14.1 Å². The Morgan fingerprint density at radius 1 is 1.36 bits per heavy atom. The highest BCUT2D eigenvalue weighted by molar-refractivity contribution is 5.81. The number of urea groups is 1. The Bertz CT molecular complexity index is 319. The van der Waals surface area contributed by atoms with Gasteiger partial charge in [-0.2, -0.15) is 5.10 Å². The molecule has 14 heavy (non-hydrogen) atoms. The minimum absolute atomic E-state index is 0.239. The fourth-order valence-electron chi connectivity index (χ4n) is 0.801. The first-order chi connectivity index (χ1) is 6.70. The van der Waals surface area contributed by atoms with Crippen LogP contribution in [-0.2, 0) is 0 Å². The van der Waals surface area contributed by atoms with Crippen LogP contribution in [0.2, 0.25) is 0 Å². The molecule has 74 valence electrons. The van der Waals surface area contributed by atoms with E-state index in [1.807, 2.05) is 30.3 Å². The van der Waals surface area contributed by atoms with Gasteiger partial charge in [0, 0.05) is 14.1 Å². The van der Waals surface area contributed by atoms with Crippen LogP contribution in [0.15, 0.2) is 35.4 Å². The lowest BCUT2D eigenvalue weighted by molar-refractivity contribution is 0.218. The first-order valence-electron chi connectivity index (χ1n) is 4.25. The number of rotatable bonds is 2. The Kier molecular flexibility index (Phi) is 3.67. The minimum atomic E-state index is -0.239. The van der Waals surface area contributed by atoms with E-state index >= 15 is 0 Å². The van der Waals surface area contributed by atoms with E-state index in [0.29, 0.717) is 0 Å². The molecule has 0 heterocycles. The van der Waals surface area contributed by atoms with Crippen LogP contribution in [0.25, 0.3) is 0 Å². The third-order valence-electron chi connectivity index (χ3n) is 1.58.